The first kappa shape index (κ1) is 8.99. The first-order chi connectivity index (χ1) is 5.83. The molecular weight excluding hydrogens is 174 g/mol. The average molecular weight is 185 g/mol. The van der Waals surface area contributed by atoms with E-state index in [1.54, 1.807) is 11.7 Å². The SMILES string of the molecule is CCNC(=O)NCc1cncs1. The van der Waals surface area contributed by atoms with Crippen LogP contribution in [0.1, 0.15) is 11.8 Å². The lowest BCUT2D eigenvalue weighted by atomic mass is 10.5. The van der Waals surface area contributed by atoms with Crippen molar-refractivity contribution in [2.24, 2.45) is 0 Å². The Morgan fingerprint density at radius 2 is 2.50 bits per heavy atom. The second-order valence-corrected chi connectivity index (χ2v) is 3.15. The predicted octanol–water partition coefficient (Wildman–Crippen LogP) is 0.962. The third kappa shape index (κ3) is 2.87. The summed E-state index contributed by atoms with van der Waals surface area (Å²) in [5.41, 5.74) is 1.74. The standard InChI is InChI=1S/C7H11N3OS/c1-2-9-7(11)10-4-6-3-8-5-12-6/h3,5H,2,4H2,1H3,(H2,9,10,11). The fourth-order valence-electron chi connectivity index (χ4n) is 0.720. The number of nitrogens with one attached hydrogen (secondary N) is 2. The second-order valence-electron chi connectivity index (χ2n) is 2.18. The van der Waals surface area contributed by atoms with Crippen molar-refractivity contribution in [1.29, 1.82) is 0 Å². The highest BCUT2D eigenvalue weighted by molar-refractivity contribution is 7.09. The van der Waals surface area contributed by atoms with Gasteiger partial charge in [-0.25, -0.2) is 4.79 Å². The van der Waals surface area contributed by atoms with Gasteiger partial charge >= 0.3 is 6.03 Å². The first-order valence-corrected chi connectivity index (χ1v) is 4.60. The van der Waals surface area contributed by atoms with Crippen LogP contribution in [0.15, 0.2) is 11.7 Å². The summed E-state index contributed by atoms with van der Waals surface area (Å²) in [4.78, 5) is 15.8. The Hall–Kier alpha value is -1.10. The van der Waals surface area contributed by atoms with E-state index in [-0.39, 0.29) is 6.03 Å². The molecule has 0 bridgehead atoms. The van der Waals surface area contributed by atoms with Gasteiger partial charge in [0.2, 0.25) is 0 Å². The molecule has 0 saturated carbocycles. The molecule has 0 aliphatic carbocycles. The number of rotatable bonds is 3. The van der Waals surface area contributed by atoms with Crippen LogP contribution in [0.4, 0.5) is 4.79 Å². The molecule has 2 amide bonds. The third-order valence-electron chi connectivity index (χ3n) is 1.24. The number of carbonyl (C=O) groups is 1. The summed E-state index contributed by atoms with van der Waals surface area (Å²) in [6, 6.07) is -0.133. The number of hydrogen-bond donors (Lipinski definition) is 2. The summed E-state index contributed by atoms with van der Waals surface area (Å²) in [6.07, 6.45) is 1.75. The molecule has 0 atom stereocenters. The van der Waals surface area contributed by atoms with Crippen molar-refractivity contribution in [3.63, 3.8) is 0 Å². The van der Waals surface area contributed by atoms with E-state index in [1.165, 1.54) is 11.3 Å². The van der Waals surface area contributed by atoms with Gasteiger partial charge in [0.05, 0.1) is 12.1 Å². The Morgan fingerprint density at radius 1 is 1.67 bits per heavy atom. The largest absolute Gasteiger partial charge is 0.338 e. The van der Waals surface area contributed by atoms with E-state index in [4.69, 9.17) is 0 Å². The van der Waals surface area contributed by atoms with Gasteiger partial charge in [-0.3, -0.25) is 4.98 Å². The summed E-state index contributed by atoms with van der Waals surface area (Å²) in [5.74, 6) is 0. The highest BCUT2D eigenvalue weighted by atomic mass is 32.1. The number of carbonyl (C=O) groups excluding carboxylic acids is 1. The van der Waals surface area contributed by atoms with Crippen LogP contribution in [0, 0.1) is 0 Å². The molecule has 0 saturated heterocycles. The van der Waals surface area contributed by atoms with E-state index in [0.717, 1.165) is 4.88 Å². The van der Waals surface area contributed by atoms with Crippen molar-refractivity contribution >= 4 is 17.4 Å². The topological polar surface area (TPSA) is 54.0 Å². The summed E-state index contributed by atoms with van der Waals surface area (Å²) in [7, 11) is 0. The summed E-state index contributed by atoms with van der Waals surface area (Å²) < 4.78 is 0. The Bertz CT molecular complexity index is 235. The van der Waals surface area contributed by atoms with Crippen LogP contribution in [0.3, 0.4) is 0 Å². The number of thiazole rings is 1. The highest BCUT2D eigenvalue weighted by Gasteiger charge is 1.98. The molecule has 1 aromatic heterocycles. The van der Waals surface area contributed by atoms with Crippen LogP contribution in [-0.2, 0) is 6.54 Å². The fourth-order valence-corrected chi connectivity index (χ4v) is 1.25. The molecule has 0 radical (unpaired) electrons. The molecule has 1 heterocycles. The average Bonchev–Trinajstić information content (AvgIpc) is 2.53. The molecule has 1 rings (SSSR count). The van der Waals surface area contributed by atoms with Gasteiger partial charge < -0.3 is 10.6 Å². The normalized spacial score (nSPS) is 9.42. The Balaban J connectivity index is 2.22. The number of hydrogen-bond acceptors (Lipinski definition) is 3. The Morgan fingerprint density at radius 3 is 3.08 bits per heavy atom. The minimum Gasteiger partial charge on any atom is -0.338 e. The van der Waals surface area contributed by atoms with Crippen LogP contribution in [0.2, 0.25) is 0 Å². The van der Waals surface area contributed by atoms with E-state index >= 15 is 0 Å². The molecule has 1 aromatic rings. The Labute approximate surface area is 75.0 Å². The van der Waals surface area contributed by atoms with Gasteiger partial charge in [0, 0.05) is 17.6 Å². The van der Waals surface area contributed by atoms with Gasteiger partial charge in [0.1, 0.15) is 0 Å². The number of urea groups is 1. The van der Waals surface area contributed by atoms with E-state index in [9.17, 15) is 4.79 Å². The quantitative estimate of drug-likeness (QED) is 0.737. The first-order valence-electron chi connectivity index (χ1n) is 3.72. The lowest BCUT2D eigenvalue weighted by Crippen LogP contribution is -2.34. The van der Waals surface area contributed by atoms with E-state index in [0.29, 0.717) is 13.1 Å². The second kappa shape index (κ2) is 4.71. The lowest BCUT2D eigenvalue weighted by Gasteiger charge is -2.02. The zero-order chi connectivity index (χ0) is 8.81. The molecule has 5 heteroatoms. The molecule has 2 N–H and O–H groups in total. The van der Waals surface area contributed by atoms with E-state index in [2.05, 4.69) is 15.6 Å². The molecule has 0 aliphatic heterocycles. The highest BCUT2D eigenvalue weighted by Crippen LogP contribution is 2.03. The molecule has 12 heavy (non-hydrogen) atoms. The Kier molecular flexibility index (Phi) is 3.53. The van der Waals surface area contributed by atoms with Crippen LogP contribution in [0.25, 0.3) is 0 Å². The maximum absolute atomic E-state index is 10.9. The van der Waals surface area contributed by atoms with Crippen molar-refractivity contribution in [2.45, 2.75) is 13.5 Å². The molecule has 0 aromatic carbocycles. The fraction of sp³-hybridized carbons (Fsp3) is 0.429. The lowest BCUT2D eigenvalue weighted by molar-refractivity contribution is 0.241. The molecule has 0 aliphatic rings. The van der Waals surface area contributed by atoms with Crippen molar-refractivity contribution < 1.29 is 4.79 Å². The minimum absolute atomic E-state index is 0.133. The van der Waals surface area contributed by atoms with Gasteiger partial charge in [-0.2, -0.15) is 0 Å². The minimum atomic E-state index is -0.133. The zero-order valence-electron chi connectivity index (χ0n) is 6.83. The van der Waals surface area contributed by atoms with Crippen molar-refractivity contribution in [2.75, 3.05) is 6.54 Å². The summed E-state index contributed by atoms with van der Waals surface area (Å²) in [5, 5.41) is 5.35. The van der Waals surface area contributed by atoms with Crippen molar-refractivity contribution in [1.82, 2.24) is 15.6 Å². The number of amides is 2. The van der Waals surface area contributed by atoms with Gasteiger partial charge in [0.15, 0.2) is 0 Å². The number of nitrogens with zero attached hydrogens (tertiary/aromatic N) is 1. The third-order valence-corrected chi connectivity index (χ3v) is 2.02. The smallest absolute Gasteiger partial charge is 0.315 e. The maximum atomic E-state index is 10.9. The molecule has 66 valence electrons. The molecule has 0 spiro atoms. The summed E-state index contributed by atoms with van der Waals surface area (Å²) >= 11 is 1.53. The van der Waals surface area contributed by atoms with Crippen LogP contribution in [0.5, 0.6) is 0 Å². The van der Waals surface area contributed by atoms with Crippen LogP contribution < -0.4 is 10.6 Å². The number of aromatic nitrogens is 1. The van der Waals surface area contributed by atoms with E-state index in [1.807, 2.05) is 6.92 Å². The van der Waals surface area contributed by atoms with Gasteiger partial charge in [0.25, 0.3) is 0 Å². The molecule has 0 fully saturated rings. The molecule has 0 unspecified atom stereocenters. The van der Waals surface area contributed by atoms with Crippen molar-refractivity contribution in [3.05, 3.63) is 16.6 Å². The van der Waals surface area contributed by atoms with E-state index < -0.39 is 0 Å². The maximum Gasteiger partial charge on any atom is 0.315 e. The van der Waals surface area contributed by atoms with Gasteiger partial charge in [-0.1, -0.05) is 0 Å². The zero-order valence-corrected chi connectivity index (χ0v) is 7.65. The summed E-state index contributed by atoms with van der Waals surface area (Å²) in [6.45, 7) is 3.08. The van der Waals surface area contributed by atoms with Crippen molar-refractivity contribution in [3.8, 4) is 0 Å². The monoisotopic (exact) mass is 185 g/mol. The molecular formula is C7H11N3OS. The van der Waals surface area contributed by atoms with Crippen LogP contribution >= 0.6 is 11.3 Å². The molecule has 4 nitrogen and oxygen atoms in total. The van der Waals surface area contributed by atoms with Crippen LogP contribution in [-0.4, -0.2) is 17.6 Å². The predicted molar refractivity (Wildman–Crippen MR) is 48.0 cm³/mol. The van der Waals surface area contributed by atoms with Gasteiger partial charge in [-0.15, -0.1) is 11.3 Å². The van der Waals surface area contributed by atoms with Gasteiger partial charge in [-0.05, 0) is 6.92 Å².